The summed E-state index contributed by atoms with van der Waals surface area (Å²) in [6.45, 7) is 2.43. The van der Waals surface area contributed by atoms with Gasteiger partial charge < -0.3 is 10.1 Å². The molecule has 0 aliphatic rings. The fraction of sp³-hybridized carbons (Fsp3) is 0.188. The molecule has 2 aromatic rings. The number of carbonyl (C=O) groups is 1. The molecule has 0 aromatic heterocycles. The number of thioether (sulfide) groups is 1. The fourth-order valence-corrected chi connectivity index (χ4v) is 2.29. The molecule has 0 bridgehead atoms. The van der Waals surface area contributed by atoms with E-state index in [9.17, 15) is 4.79 Å². The summed E-state index contributed by atoms with van der Waals surface area (Å²) in [5, 5.41) is 2.90. The fourth-order valence-electron chi connectivity index (χ4n) is 1.83. The maximum atomic E-state index is 12.3. The highest BCUT2D eigenvalue weighted by molar-refractivity contribution is 7.98. The first-order valence-corrected chi connectivity index (χ1v) is 7.64. The standard InChI is InChI=1S/C16H17NO2S/c1-3-19-15-10-5-4-9-14(15)16(18)17-12-7-6-8-13(11-12)20-2/h4-11H,3H2,1-2H3,(H,17,18). The second kappa shape index (κ2) is 7.01. The molecular weight excluding hydrogens is 270 g/mol. The summed E-state index contributed by atoms with van der Waals surface area (Å²) < 4.78 is 5.48. The predicted octanol–water partition coefficient (Wildman–Crippen LogP) is 4.06. The molecular formula is C16H17NO2S. The third-order valence-corrected chi connectivity index (χ3v) is 3.48. The molecule has 0 fully saturated rings. The Bertz CT molecular complexity index is 599. The van der Waals surface area contributed by atoms with Crippen LogP contribution in [0.5, 0.6) is 5.75 Å². The second-order valence-corrected chi connectivity index (χ2v) is 4.99. The third-order valence-electron chi connectivity index (χ3n) is 2.76. The Morgan fingerprint density at radius 1 is 1.20 bits per heavy atom. The van der Waals surface area contributed by atoms with E-state index in [1.54, 1.807) is 23.9 Å². The van der Waals surface area contributed by atoms with Crippen LogP contribution in [0, 0.1) is 0 Å². The van der Waals surface area contributed by atoms with E-state index in [1.807, 2.05) is 49.6 Å². The van der Waals surface area contributed by atoms with E-state index in [-0.39, 0.29) is 5.91 Å². The molecule has 0 saturated heterocycles. The van der Waals surface area contributed by atoms with Gasteiger partial charge in [0.2, 0.25) is 0 Å². The molecule has 104 valence electrons. The van der Waals surface area contributed by atoms with Gasteiger partial charge in [-0.1, -0.05) is 18.2 Å². The topological polar surface area (TPSA) is 38.3 Å². The van der Waals surface area contributed by atoms with Crippen LogP contribution in [-0.2, 0) is 0 Å². The van der Waals surface area contributed by atoms with Crippen LogP contribution in [0.4, 0.5) is 5.69 Å². The van der Waals surface area contributed by atoms with Crippen molar-refractivity contribution in [3.8, 4) is 5.75 Å². The molecule has 0 aliphatic heterocycles. The summed E-state index contributed by atoms with van der Waals surface area (Å²) in [5.41, 5.74) is 1.33. The van der Waals surface area contributed by atoms with Crippen LogP contribution in [0.2, 0.25) is 0 Å². The van der Waals surface area contributed by atoms with Crippen LogP contribution in [-0.4, -0.2) is 18.8 Å². The van der Waals surface area contributed by atoms with Crippen molar-refractivity contribution in [2.45, 2.75) is 11.8 Å². The quantitative estimate of drug-likeness (QED) is 0.843. The zero-order valence-electron chi connectivity index (χ0n) is 11.6. The normalized spacial score (nSPS) is 10.1. The average Bonchev–Trinajstić information content (AvgIpc) is 2.48. The molecule has 20 heavy (non-hydrogen) atoms. The first kappa shape index (κ1) is 14.5. The lowest BCUT2D eigenvalue weighted by molar-refractivity contribution is 0.102. The molecule has 2 rings (SSSR count). The number of hydrogen-bond donors (Lipinski definition) is 1. The molecule has 0 aliphatic carbocycles. The van der Waals surface area contributed by atoms with E-state index in [4.69, 9.17) is 4.74 Å². The predicted molar refractivity (Wildman–Crippen MR) is 83.8 cm³/mol. The van der Waals surface area contributed by atoms with Gasteiger partial charge in [-0.2, -0.15) is 0 Å². The first-order valence-electron chi connectivity index (χ1n) is 6.42. The summed E-state index contributed by atoms with van der Waals surface area (Å²) in [6, 6.07) is 15.0. The van der Waals surface area contributed by atoms with Gasteiger partial charge in [0, 0.05) is 10.6 Å². The number of amides is 1. The highest BCUT2D eigenvalue weighted by atomic mass is 32.2. The smallest absolute Gasteiger partial charge is 0.259 e. The van der Waals surface area contributed by atoms with E-state index in [0.717, 1.165) is 10.6 Å². The van der Waals surface area contributed by atoms with Gasteiger partial charge in [-0.05, 0) is 43.5 Å². The van der Waals surface area contributed by atoms with E-state index in [2.05, 4.69) is 5.32 Å². The first-order chi connectivity index (χ1) is 9.74. The van der Waals surface area contributed by atoms with E-state index < -0.39 is 0 Å². The third kappa shape index (κ3) is 3.54. The van der Waals surface area contributed by atoms with Crippen LogP contribution >= 0.6 is 11.8 Å². The minimum Gasteiger partial charge on any atom is -0.493 e. The molecule has 0 atom stereocenters. The largest absolute Gasteiger partial charge is 0.493 e. The summed E-state index contributed by atoms with van der Waals surface area (Å²) in [5.74, 6) is 0.445. The highest BCUT2D eigenvalue weighted by Crippen LogP contribution is 2.22. The molecule has 1 N–H and O–H groups in total. The molecule has 2 aromatic carbocycles. The zero-order valence-corrected chi connectivity index (χ0v) is 12.4. The Hall–Kier alpha value is -1.94. The Morgan fingerprint density at radius 3 is 2.75 bits per heavy atom. The summed E-state index contributed by atoms with van der Waals surface area (Å²) in [4.78, 5) is 13.4. The summed E-state index contributed by atoms with van der Waals surface area (Å²) in [7, 11) is 0. The van der Waals surface area contributed by atoms with Crippen molar-refractivity contribution in [3.05, 3.63) is 54.1 Å². The Labute approximate surface area is 123 Å². The second-order valence-electron chi connectivity index (χ2n) is 4.12. The van der Waals surface area contributed by atoms with Gasteiger partial charge in [0.05, 0.1) is 12.2 Å². The Kier molecular flexibility index (Phi) is 5.07. The Balaban J connectivity index is 2.19. The number of ether oxygens (including phenoxy) is 1. The number of rotatable bonds is 5. The van der Waals surface area contributed by atoms with Gasteiger partial charge in [0.15, 0.2) is 0 Å². The number of hydrogen-bond acceptors (Lipinski definition) is 3. The zero-order chi connectivity index (χ0) is 14.4. The molecule has 0 heterocycles. The minimum atomic E-state index is -0.160. The van der Waals surface area contributed by atoms with Crippen LogP contribution in [0.3, 0.4) is 0 Å². The number of nitrogens with one attached hydrogen (secondary N) is 1. The highest BCUT2D eigenvalue weighted by Gasteiger charge is 2.12. The number of carbonyl (C=O) groups excluding carboxylic acids is 1. The monoisotopic (exact) mass is 287 g/mol. The number of para-hydroxylation sites is 1. The van der Waals surface area contributed by atoms with Gasteiger partial charge in [-0.15, -0.1) is 11.8 Å². The van der Waals surface area contributed by atoms with Gasteiger partial charge in [0.1, 0.15) is 5.75 Å². The molecule has 1 amide bonds. The Morgan fingerprint density at radius 2 is 2.00 bits per heavy atom. The van der Waals surface area contributed by atoms with Gasteiger partial charge >= 0.3 is 0 Å². The van der Waals surface area contributed by atoms with Gasteiger partial charge in [0.25, 0.3) is 5.91 Å². The van der Waals surface area contributed by atoms with Crippen molar-refractivity contribution >= 4 is 23.4 Å². The van der Waals surface area contributed by atoms with Crippen LogP contribution in [0.1, 0.15) is 17.3 Å². The maximum Gasteiger partial charge on any atom is 0.259 e. The molecule has 3 nitrogen and oxygen atoms in total. The lowest BCUT2D eigenvalue weighted by atomic mass is 10.2. The van der Waals surface area contributed by atoms with Crippen molar-refractivity contribution in [1.82, 2.24) is 0 Å². The van der Waals surface area contributed by atoms with Crippen LogP contribution in [0.25, 0.3) is 0 Å². The lowest BCUT2D eigenvalue weighted by Crippen LogP contribution is -2.13. The maximum absolute atomic E-state index is 12.3. The molecule has 0 radical (unpaired) electrons. The average molecular weight is 287 g/mol. The van der Waals surface area contributed by atoms with Gasteiger partial charge in [-0.25, -0.2) is 0 Å². The summed E-state index contributed by atoms with van der Waals surface area (Å²) >= 11 is 1.64. The van der Waals surface area contributed by atoms with E-state index in [1.165, 1.54) is 0 Å². The summed E-state index contributed by atoms with van der Waals surface area (Å²) in [6.07, 6.45) is 2.01. The van der Waals surface area contributed by atoms with Crippen LogP contribution in [0.15, 0.2) is 53.4 Å². The lowest BCUT2D eigenvalue weighted by Gasteiger charge is -2.10. The molecule has 0 saturated carbocycles. The molecule has 4 heteroatoms. The molecule has 0 spiro atoms. The minimum absolute atomic E-state index is 0.160. The van der Waals surface area contributed by atoms with E-state index in [0.29, 0.717) is 17.9 Å². The van der Waals surface area contributed by atoms with Crippen LogP contribution < -0.4 is 10.1 Å². The van der Waals surface area contributed by atoms with Crippen molar-refractivity contribution in [3.63, 3.8) is 0 Å². The van der Waals surface area contributed by atoms with Crippen molar-refractivity contribution in [2.75, 3.05) is 18.2 Å². The molecule has 0 unspecified atom stereocenters. The van der Waals surface area contributed by atoms with E-state index >= 15 is 0 Å². The van der Waals surface area contributed by atoms with Gasteiger partial charge in [-0.3, -0.25) is 4.79 Å². The SMILES string of the molecule is CCOc1ccccc1C(=O)Nc1cccc(SC)c1. The number of anilines is 1. The number of benzene rings is 2. The van der Waals surface area contributed by atoms with Crippen molar-refractivity contribution < 1.29 is 9.53 Å². The van der Waals surface area contributed by atoms with Crippen molar-refractivity contribution in [1.29, 1.82) is 0 Å². The van der Waals surface area contributed by atoms with Crippen molar-refractivity contribution in [2.24, 2.45) is 0 Å².